The average molecular weight is 291 g/mol. The van der Waals surface area contributed by atoms with Crippen LogP contribution in [0.1, 0.15) is 18.9 Å². The lowest BCUT2D eigenvalue weighted by Crippen LogP contribution is -2.44. The first-order valence-corrected chi connectivity index (χ1v) is 7.38. The fourth-order valence-electron chi connectivity index (χ4n) is 2.09. The van der Waals surface area contributed by atoms with Crippen LogP contribution in [0.3, 0.4) is 0 Å². The molecule has 1 aromatic carbocycles. The number of carboxylic acids is 1. The van der Waals surface area contributed by atoms with Gasteiger partial charge in [-0.3, -0.25) is 4.79 Å². The van der Waals surface area contributed by atoms with Crippen LogP contribution in [0.25, 0.3) is 0 Å². The number of allylic oxidation sites excluding steroid dienone is 1. The highest BCUT2D eigenvalue weighted by Gasteiger charge is 2.30. The average Bonchev–Trinajstić information content (AvgIpc) is 2.86. The maximum absolute atomic E-state index is 12.2. The van der Waals surface area contributed by atoms with Gasteiger partial charge in [0.05, 0.1) is 5.25 Å². The lowest BCUT2D eigenvalue weighted by atomic mass is 10.1. The van der Waals surface area contributed by atoms with E-state index in [1.54, 1.807) is 12.2 Å². The lowest BCUT2D eigenvalue weighted by Gasteiger charge is -2.15. The molecule has 2 atom stereocenters. The number of carbonyl (C=O) groups excluding carboxylic acids is 1. The summed E-state index contributed by atoms with van der Waals surface area (Å²) in [6, 6.07) is 7.03. The summed E-state index contributed by atoms with van der Waals surface area (Å²) in [6.45, 7) is 1.82. The molecule has 1 aliphatic rings. The molecule has 0 spiro atoms. The molecule has 0 aliphatic carbocycles. The standard InChI is InChI=1S/C15H17NO3S/c1-2-3-7-11(15(18)19)16-14(17)13-9-10-6-4-5-8-12(10)20-13/h2-6,8,11,13H,7,9H2,1H3,(H,16,17)(H,18,19)/b3-2+. The Balaban J connectivity index is 1.97. The van der Waals surface area contributed by atoms with Crippen LogP contribution in [0.15, 0.2) is 41.3 Å². The minimum Gasteiger partial charge on any atom is -0.480 e. The second-order valence-corrected chi connectivity index (χ2v) is 5.87. The molecule has 1 heterocycles. The van der Waals surface area contributed by atoms with Gasteiger partial charge in [0.25, 0.3) is 0 Å². The van der Waals surface area contributed by atoms with Crippen LogP contribution in [0, 0.1) is 0 Å². The Hall–Kier alpha value is -1.75. The number of hydrogen-bond donors (Lipinski definition) is 2. The highest BCUT2D eigenvalue weighted by atomic mass is 32.2. The fourth-order valence-corrected chi connectivity index (χ4v) is 3.29. The normalized spacial score (nSPS) is 18.8. The third-order valence-electron chi connectivity index (χ3n) is 3.16. The molecular formula is C15H17NO3S. The van der Waals surface area contributed by atoms with E-state index >= 15 is 0 Å². The van der Waals surface area contributed by atoms with E-state index in [0.717, 1.165) is 10.5 Å². The third-order valence-corrected chi connectivity index (χ3v) is 4.48. The largest absolute Gasteiger partial charge is 0.480 e. The zero-order valence-electron chi connectivity index (χ0n) is 11.2. The lowest BCUT2D eigenvalue weighted by molar-refractivity contribution is -0.141. The van der Waals surface area contributed by atoms with Crippen LogP contribution in [-0.4, -0.2) is 28.3 Å². The summed E-state index contributed by atoms with van der Waals surface area (Å²) < 4.78 is 0. The summed E-state index contributed by atoms with van der Waals surface area (Å²) in [6.07, 6.45) is 4.49. The van der Waals surface area contributed by atoms with E-state index in [9.17, 15) is 9.59 Å². The Morgan fingerprint density at radius 3 is 2.90 bits per heavy atom. The van der Waals surface area contributed by atoms with E-state index in [-0.39, 0.29) is 11.2 Å². The van der Waals surface area contributed by atoms with Crippen molar-refractivity contribution in [2.24, 2.45) is 0 Å². The first-order chi connectivity index (χ1) is 9.61. The van der Waals surface area contributed by atoms with Crippen molar-refractivity contribution in [2.45, 2.75) is 36.0 Å². The molecule has 2 rings (SSSR count). The van der Waals surface area contributed by atoms with Crippen molar-refractivity contribution in [1.82, 2.24) is 5.32 Å². The number of rotatable bonds is 5. The van der Waals surface area contributed by atoms with Crippen molar-refractivity contribution < 1.29 is 14.7 Å². The van der Waals surface area contributed by atoms with Gasteiger partial charge in [-0.25, -0.2) is 4.79 Å². The van der Waals surface area contributed by atoms with Gasteiger partial charge in [-0.05, 0) is 31.4 Å². The van der Waals surface area contributed by atoms with Crippen molar-refractivity contribution >= 4 is 23.6 Å². The topological polar surface area (TPSA) is 66.4 Å². The number of carboxylic acid groups (broad SMARTS) is 1. The number of aliphatic carboxylic acids is 1. The molecule has 4 nitrogen and oxygen atoms in total. The molecule has 0 saturated heterocycles. The van der Waals surface area contributed by atoms with Crippen molar-refractivity contribution in [3.05, 3.63) is 42.0 Å². The maximum Gasteiger partial charge on any atom is 0.326 e. The molecule has 0 aromatic heterocycles. The van der Waals surface area contributed by atoms with Crippen molar-refractivity contribution in [3.8, 4) is 0 Å². The van der Waals surface area contributed by atoms with Gasteiger partial charge in [-0.15, -0.1) is 11.8 Å². The second-order valence-electron chi connectivity index (χ2n) is 4.62. The molecule has 0 fully saturated rings. The van der Waals surface area contributed by atoms with Gasteiger partial charge < -0.3 is 10.4 Å². The maximum atomic E-state index is 12.2. The smallest absolute Gasteiger partial charge is 0.326 e. The summed E-state index contributed by atoms with van der Waals surface area (Å²) in [7, 11) is 0. The van der Waals surface area contributed by atoms with Crippen LogP contribution in [0.5, 0.6) is 0 Å². The third kappa shape index (κ3) is 3.42. The van der Waals surface area contributed by atoms with Gasteiger partial charge in [-0.1, -0.05) is 30.4 Å². The Morgan fingerprint density at radius 1 is 1.50 bits per heavy atom. The first kappa shape index (κ1) is 14.7. The van der Waals surface area contributed by atoms with E-state index in [2.05, 4.69) is 5.32 Å². The molecular weight excluding hydrogens is 274 g/mol. The van der Waals surface area contributed by atoms with Gasteiger partial charge in [0, 0.05) is 4.90 Å². The Kier molecular flexibility index (Phi) is 4.84. The monoisotopic (exact) mass is 291 g/mol. The van der Waals surface area contributed by atoms with Gasteiger partial charge in [0.1, 0.15) is 6.04 Å². The number of amides is 1. The summed E-state index contributed by atoms with van der Waals surface area (Å²) in [4.78, 5) is 24.4. The van der Waals surface area contributed by atoms with Crippen LogP contribution in [-0.2, 0) is 16.0 Å². The molecule has 2 unspecified atom stereocenters. The van der Waals surface area contributed by atoms with Crippen LogP contribution in [0.2, 0.25) is 0 Å². The van der Waals surface area contributed by atoms with E-state index in [1.807, 2.05) is 31.2 Å². The number of hydrogen-bond acceptors (Lipinski definition) is 3. The number of nitrogens with one attached hydrogen (secondary N) is 1. The molecule has 106 valence electrons. The zero-order valence-corrected chi connectivity index (χ0v) is 12.0. The molecule has 1 amide bonds. The number of carbonyl (C=O) groups is 2. The van der Waals surface area contributed by atoms with Gasteiger partial charge in [0.2, 0.25) is 5.91 Å². The van der Waals surface area contributed by atoms with E-state index in [4.69, 9.17) is 5.11 Å². The molecule has 5 heteroatoms. The highest BCUT2D eigenvalue weighted by Crippen LogP contribution is 2.36. The zero-order chi connectivity index (χ0) is 14.5. The van der Waals surface area contributed by atoms with E-state index in [0.29, 0.717) is 12.8 Å². The summed E-state index contributed by atoms with van der Waals surface area (Å²) >= 11 is 1.50. The van der Waals surface area contributed by atoms with Gasteiger partial charge in [0.15, 0.2) is 0 Å². The number of benzene rings is 1. The molecule has 1 aliphatic heterocycles. The summed E-state index contributed by atoms with van der Waals surface area (Å²) in [5.41, 5.74) is 1.15. The fraction of sp³-hybridized carbons (Fsp3) is 0.333. The minimum atomic E-state index is -1.00. The molecule has 0 saturated carbocycles. The van der Waals surface area contributed by atoms with Crippen molar-refractivity contribution in [1.29, 1.82) is 0 Å². The second kappa shape index (κ2) is 6.61. The van der Waals surface area contributed by atoms with Crippen LogP contribution in [0.4, 0.5) is 0 Å². The molecule has 2 N–H and O–H groups in total. The Labute approximate surface area is 122 Å². The van der Waals surface area contributed by atoms with Crippen LogP contribution >= 0.6 is 11.8 Å². The Morgan fingerprint density at radius 2 is 2.25 bits per heavy atom. The van der Waals surface area contributed by atoms with Gasteiger partial charge in [-0.2, -0.15) is 0 Å². The molecule has 20 heavy (non-hydrogen) atoms. The quantitative estimate of drug-likeness (QED) is 0.817. The van der Waals surface area contributed by atoms with Crippen LogP contribution < -0.4 is 5.32 Å². The summed E-state index contributed by atoms with van der Waals surface area (Å²) in [5.74, 6) is -1.21. The molecule has 0 bridgehead atoms. The van der Waals surface area contributed by atoms with E-state index in [1.165, 1.54) is 11.8 Å². The molecule has 1 aromatic rings. The summed E-state index contributed by atoms with van der Waals surface area (Å²) in [5, 5.41) is 11.5. The predicted molar refractivity (Wildman–Crippen MR) is 78.8 cm³/mol. The predicted octanol–water partition coefficient (Wildman–Crippen LogP) is 2.24. The Bertz CT molecular complexity index is 517. The number of thioether (sulfide) groups is 1. The van der Waals surface area contributed by atoms with Crippen molar-refractivity contribution in [3.63, 3.8) is 0 Å². The molecule has 0 radical (unpaired) electrons. The minimum absolute atomic E-state index is 0.205. The highest BCUT2D eigenvalue weighted by molar-refractivity contribution is 8.01. The SMILES string of the molecule is C/C=C/CC(NC(=O)C1Cc2ccccc2S1)C(=O)O. The van der Waals surface area contributed by atoms with Crippen molar-refractivity contribution in [2.75, 3.05) is 0 Å². The number of fused-ring (bicyclic) bond motifs is 1. The van der Waals surface area contributed by atoms with E-state index < -0.39 is 12.0 Å². The first-order valence-electron chi connectivity index (χ1n) is 6.50. The van der Waals surface area contributed by atoms with Gasteiger partial charge >= 0.3 is 5.97 Å².